The summed E-state index contributed by atoms with van der Waals surface area (Å²) < 4.78 is 5.42. The fourth-order valence-corrected chi connectivity index (χ4v) is 3.79. The standard InChI is InChI=1S/C16H24N2O2/c1-20-15-7-4-9-17-16(15)18-10-8-14(19)13(11-18)12-5-2-3-6-12/h4,7,9,12-14,19H,2-3,5-6,8,10-11H2,1H3/t13-,14+/m0/s1. The molecule has 1 N–H and O–H groups in total. The highest BCUT2D eigenvalue weighted by Crippen LogP contribution is 2.38. The van der Waals surface area contributed by atoms with Crippen molar-refractivity contribution in [3.8, 4) is 5.75 Å². The molecule has 1 saturated heterocycles. The van der Waals surface area contributed by atoms with Crippen LogP contribution < -0.4 is 9.64 Å². The Bertz CT molecular complexity index is 446. The lowest BCUT2D eigenvalue weighted by molar-refractivity contribution is 0.0560. The summed E-state index contributed by atoms with van der Waals surface area (Å²) in [6, 6.07) is 3.85. The normalized spacial score (nSPS) is 27.8. The summed E-state index contributed by atoms with van der Waals surface area (Å²) >= 11 is 0. The second-order valence-corrected chi connectivity index (χ2v) is 6.04. The number of methoxy groups -OCH3 is 1. The van der Waals surface area contributed by atoms with Gasteiger partial charge in [-0.25, -0.2) is 4.98 Å². The summed E-state index contributed by atoms with van der Waals surface area (Å²) in [5.41, 5.74) is 0. The number of anilines is 1. The van der Waals surface area contributed by atoms with Gasteiger partial charge in [-0.05, 0) is 24.5 Å². The lowest BCUT2D eigenvalue weighted by Crippen LogP contribution is -2.46. The molecule has 0 unspecified atom stereocenters. The maximum atomic E-state index is 10.3. The molecule has 0 radical (unpaired) electrons. The van der Waals surface area contributed by atoms with Crippen LogP contribution in [0.5, 0.6) is 5.75 Å². The van der Waals surface area contributed by atoms with Gasteiger partial charge < -0.3 is 14.7 Å². The van der Waals surface area contributed by atoms with Gasteiger partial charge in [-0.15, -0.1) is 0 Å². The third-order valence-electron chi connectivity index (χ3n) is 4.90. The minimum atomic E-state index is -0.149. The number of nitrogens with zero attached hydrogens (tertiary/aromatic N) is 2. The predicted octanol–water partition coefficient (Wildman–Crippen LogP) is 2.47. The number of piperidine rings is 1. The van der Waals surface area contributed by atoms with E-state index in [1.807, 2.05) is 18.3 Å². The monoisotopic (exact) mass is 276 g/mol. The molecule has 1 aliphatic carbocycles. The number of pyridine rings is 1. The van der Waals surface area contributed by atoms with Crippen LogP contribution in [0.2, 0.25) is 0 Å². The molecule has 3 rings (SSSR count). The molecule has 2 atom stereocenters. The Hall–Kier alpha value is -1.29. The van der Waals surface area contributed by atoms with E-state index in [2.05, 4.69) is 9.88 Å². The molecule has 4 nitrogen and oxygen atoms in total. The minimum absolute atomic E-state index is 0.149. The van der Waals surface area contributed by atoms with Crippen molar-refractivity contribution in [2.75, 3.05) is 25.1 Å². The van der Waals surface area contributed by atoms with Crippen molar-refractivity contribution < 1.29 is 9.84 Å². The Labute approximate surface area is 120 Å². The number of hydrogen-bond acceptors (Lipinski definition) is 4. The van der Waals surface area contributed by atoms with Crippen molar-refractivity contribution in [1.29, 1.82) is 0 Å². The van der Waals surface area contributed by atoms with E-state index in [4.69, 9.17) is 4.74 Å². The lowest BCUT2D eigenvalue weighted by Gasteiger charge is -2.40. The Morgan fingerprint density at radius 3 is 2.85 bits per heavy atom. The van der Waals surface area contributed by atoms with Crippen LogP contribution in [0.15, 0.2) is 18.3 Å². The molecule has 1 aromatic heterocycles. The molecule has 1 aromatic rings. The molecule has 20 heavy (non-hydrogen) atoms. The van der Waals surface area contributed by atoms with Gasteiger partial charge in [0.05, 0.1) is 13.2 Å². The van der Waals surface area contributed by atoms with Crippen molar-refractivity contribution in [2.45, 2.75) is 38.2 Å². The van der Waals surface area contributed by atoms with Crippen molar-refractivity contribution in [2.24, 2.45) is 11.8 Å². The summed E-state index contributed by atoms with van der Waals surface area (Å²) in [5.74, 6) is 2.82. The summed E-state index contributed by atoms with van der Waals surface area (Å²) in [6.45, 7) is 1.76. The van der Waals surface area contributed by atoms with Gasteiger partial charge in [0.1, 0.15) is 0 Å². The molecule has 4 heteroatoms. The second-order valence-electron chi connectivity index (χ2n) is 6.04. The molecule has 0 bridgehead atoms. The molecule has 2 heterocycles. The van der Waals surface area contributed by atoms with Crippen molar-refractivity contribution >= 4 is 5.82 Å². The zero-order valence-corrected chi connectivity index (χ0v) is 12.2. The van der Waals surface area contributed by atoms with E-state index < -0.39 is 0 Å². The molecule has 0 spiro atoms. The van der Waals surface area contributed by atoms with E-state index in [1.54, 1.807) is 7.11 Å². The van der Waals surface area contributed by atoms with Crippen LogP contribution in [0.4, 0.5) is 5.82 Å². The van der Waals surface area contributed by atoms with Crippen LogP contribution in [-0.4, -0.2) is 36.4 Å². The highest BCUT2D eigenvalue weighted by molar-refractivity contribution is 5.52. The van der Waals surface area contributed by atoms with E-state index in [-0.39, 0.29) is 6.10 Å². The van der Waals surface area contributed by atoms with Gasteiger partial charge in [-0.3, -0.25) is 0 Å². The lowest BCUT2D eigenvalue weighted by atomic mass is 9.82. The van der Waals surface area contributed by atoms with E-state index in [0.717, 1.165) is 31.1 Å². The summed E-state index contributed by atoms with van der Waals surface area (Å²) in [4.78, 5) is 6.76. The molecule has 0 aromatic carbocycles. The zero-order chi connectivity index (χ0) is 13.9. The summed E-state index contributed by atoms with van der Waals surface area (Å²) in [5, 5.41) is 10.3. The molecular formula is C16H24N2O2. The Kier molecular flexibility index (Phi) is 4.10. The molecule has 1 saturated carbocycles. The quantitative estimate of drug-likeness (QED) is 0.921. The second kappa shape index (κ2) is 6.00. The summed E-state index contributed by atoms with van der Waals surface area (Å²) in [6.07, 6.45) is 7.68. The van der Waals surface area contributed by atoms with Crippen LogP contribution in [-0.2, 0) is 0 Å². The summed E-state index contributed by atoms with van der Waals surface area (Å²) in [7, 11) is 1.69. The average Bonchev–Trinajstić information content (AvgIpc) is 3.02. The maximum absolute atomic E-state index is 10.3. The van der Waals surface area contributed by atoms with Crippen LogP contribution >= 0.6 is 0 Å². The topological polar surface area (TPSA) is 45.6 Å². The number of aliphatic hydroxyl groups is 1. The number of ether oxygens (including phenoxy) is 1. The highest BCUT2D eigenvalue weighted by atomic mass is 16.5. The van der Waals surface area contributed by atoms with Gasteiger partial charge in [0.15, 0.2) is 11.6 Å². The van der Waals surface area contributed by atoms with Crippen LogP contribution in [0.25, 0.3) is 0 Å². The van der Waals surface area contributed by atoms with Gasteiger partial charge in [0, 0.05) is 25.2 Å². The average molecular weight is 276 g/mol. The highest BCUT2D eigenvalue weighted by Gasteiger charge is 2.36. The Balaban J connectivity index is 1.77. The molecule has 1 aliphatic heterocycles. The number of aromatic nitrogens is 1. The van der Waals surface area contributed by atoms with Gasteiger partial charge >= 0.3 is 0 Å². The third kappa shape index (κ3) is 2.62. The smallest absolute Gasteiger partial charge is 0.171 e. The first-order valence-corrected chi connectivity index (χ1v) is 7.71. The first kappa shape index (κ1) is 13.7. The zero-order valence-electron chi connectivity index (χ0n) is 12.2. The van der Waals surface area contributed by atoms with Crippen LogP contribution in [0.3, 0.4) is 0 Å². The first-order valence-electron chi connectivity index (χ1n) is 7.71. The predicted molar refractivity (Wildman–Crippen MR) is 79.1 cm³/mol. The molecule has 0 amide bonds. The van der Waals surface area contributed by atoms with Crippen molar-refractivity contribution in [3.63, 3.8) is 0 Å². The fraction of sp³-hybridized carbons (Fsp3) is 0.688. The van der Waals surface area contributed by atoms with Crippen LogP contribution in [0.1, 0.15) is 32.1 Å². The van der Waals surface area contributed by atoms with Gasteiger partial charge in [0.2, 0.25) is 0 Å². The Morgan fingerprint density at radius 2 is 2.10 bits per heavy atom. The number of aliphatic hydroxyl groups excluding tert-OH is 1. The largest absolute Gasteiger partial charge is 0.493 e. The van der Waals surface area contributed by atoms with E-state index in [1.165, 1.54) is 25.7 Å². The molecule has 110 valence electrons. The van der Waals surface area contributed by atoms with Crippen molar-refractivity contribution in [3.05, 3.63) is 18.3 Å². The third-order valence-corrected chi connectivity index (χ3v) is 4.90. The Morgan fingerprint density at radius 1 is 1.30 bits per heavy atom. The van der Waals surface area contributed by atoms with Gasteiger partial charge in [-0.1, -0.05) is 25.7 Å². The van der Waals surface area contributed by atoms with E-state index in [0.29, 0.717) is 11.8 Å². The molecule has 2 aliphatic rings. The fourth-order valence-electron chi connectivity index (χ4n) is 3.79. The number of hydrogen-bond donors (Lipinski definition) is 1. The van der Waals surface area contributed by atoms with E-state index >= 15 is 0 Å². The minimum Gasteiger partial charge on any atom is -0.493 e. The first-order chi connectivity index (χ1) is 9.79. The molecule has 2 fully saturated rings. The SMILES string of the molecule is COc1cccnc1N1CC[C@@H](O)[C@H](C2CCCC2)C1. The maximum Gasteiger partial charge on any atom is 0.171 e. The van der Waals surface area contributed by atoms with Gasteiger partial charge in [-0.2, -0.15) is 0 Å². The molecular weight excluding hydrogens is 252 g/mol. The van der Waals surface area contributed by atoms with Gasteiger partial charge in [0.25, 0.3) is 0 Å². The van der Waals surface area contributed by atoms with Crippen molar-refractivity contribution in [1.82, 2.24) is 4.98 Å². The van der Waals surface area contributed by atoms with E-state index in [9.17, 15) is 5.11 Å². The number of rotatable bonds is 3. The van der Waals surface area contributed by atoms with Crippen LogP contribution in [0, 0.1) is 11.8 Å².